The highest BCUT2D eigenvalue weighted by Crippen LogP contribution is 2.18. The van der Waals surface area contributed by atoms with Crippen LogP contribution in [0.3, 0.4) is 0 Å². The molecular formula is C9H11FO. The van der Waals surface area contributed by atoms with E-state index in [0.717, 1.165) is 24.8 Å². The Balaban J connectivity index is 2.40. The molecule has 0 aromatic rings. The molecule has 0 radical (unpaired) electrons. The molecule has 0 amide bonds. The molecule has 0 saturated carbocycles. The lowest BCUT2D eigenvalue weighted by Gasteiger charge is -1.88. The molecular weight excluding hydrogens is 143 g/mol. The highest BCUT2D eigenvalue weighted by atomic mass is 19.1. The molecule has 0 spiro atoms. The second-order valence-corrected chi connectivity index (χ2v) is 2.60. The van der Waals surface area contributed by atoms with Crippen LogP contribution in [0.5, 0.6) is 0 Å². The summed E-state index contributed by atoms with van der Waals surface area (Å²) in [6.45, 7) is -0.885. The lowest BCUT2D eigenvalue weighted by Crippen LogP contribution is -1.93. The van der Waals surface area contributed by atoms with Gasteiger partial charge in [-0.25, -0.2) is 4.39 Å². The zero-order valence-corrected chi connectivity index (χ0v) is 6.35. The summed E-state index contributed by atoms with van der Waals surface area (Å²) >= 11 is 0. The fourth-order valence-corrected chi connectivity index (χ4v) is 1.09. The van der Waals surface area contributed by atoms with Gasteiger partial charge in [-0.3, -0.25) is 4.79 Å². The van der Waals surface area contributed by atoms with Gasteiger partial charge in [0.2, 0.25) is 0 Å². The van der Waals surface area contributed by atoms with Crippen LogP contribution in [0, 0.1) is 0 Å². The monoisotopic (exact) mass is 154 g/mol. The van der Waals surface area contributed by atoms with Crippen LogP contribution < -0.4 is 0 Å². The van der Waals surface area contributed by atoms with Crippen molar-refractivity contribution in [3.63, 3.8) is 0 Å². The zero-order chi connectivity index (χ0) is 8.10. The Morgan fingerprint density at radius 2 is 2.55 bits per heavy atom. The number of hydrogen-bond donors (Lipinski definition) is 0. The number of allylic oxidation sites excluding steroid dienone is 4. The second kappa shape index (κ2) is 4.06. The Morgan fingerprint density at radius 1 is 1.73 bits per heavy atom. The molecule has 11 heavy (non-hydrogen) atoms. The largest absolute Gasteiger partial charge is 0.292 e. The van der Waals surface area contributed by atoms with Crippen molar-refractivity contribution < 1.29 is 9.18 Å². The Hall–Kier alpha value is -0.920. The van der Waals surface area contributed by atoms with E-state index in [0.29, 0.717) is 0 Å². The van der Waals surface area contributed by atoms with Crippen molar-refractivity contribution in [2.45, 2.75) is 19.3 Å². The van der Waals surface area contributed by atoms with E-state index in [-0.39, 0.29) is 0 Å². The van der Waals surface area contributed by atoms with Gasteiger partial charge in [0.05, 0.1) is 0 Å². The smallest absolute Gasteiger partial charge is 0.186 e. The second-order valence-electron chi connectivity index (χ2n) is 2.60. The van der Waals surface area contributed by atoms with Crippen LogP contribution in [0.2, 0.25) is 0 Å². The van der Waals surface area contributed by atoms with Gasteiger partial charge >= 0.3 is 0 Å². The Kier molecular flexibility index (Phi) is 3.02. The van der Waals surface area contributed by atoms with E-state index < -0.39 is 12.5 Å². The van der Waals surface area contributed by atoms with Gasteiger partial charge in [0, 0.05) is 0 Å². The predicted octanol–water partition coefficient (Wildman–Crippen LogP) is 2.19. The van der Waals surface area contributed by atoms with Gasteiger partial charge in [-0.2, -0.15) is 0 Å². The Labute approximate surface area is 65.6 Å². The predicted molar refractivity (Wildman–Crippen MR) is 42.1 cm³/mol. The number of rotatable bonds is 3. The minimum Gasteiger partial charge on any atom is -0.292 e. The van der Waals surface area contributed by atoms with Gasteiger partial charge in [0.1, 0.15) is 0 Å². The molecule has 0 aromatic heterocycles. The third kappa shape index (κ3) is 2.66. The third-order valence-corrected chi connectivity index (χ3v) is 1.69. The first-order valence-corrected chi connectivity index (χ1v) is 3.79. The topological polar surface area (TPSA) is 17.1 Å². The van der Waals surface area contributed by atoms with Crippen LogP contribution in [0.25, 0.3) is 0 Å². The molecule has 1 nitrogen and oxygen atoms in total. The molecule has 0 bridgehead atoms. The average molecular weight is 154 g/mol. The van der Waals surface area contributed by atoms with E-state index in [4.69, 9.17) is 0 Å². The van der Waals surface area contributed by atoms with Gasteiger partial charge in [-0.1, -0.05) is 17.7 Å². The first-order chi connectivity index (χ1) is 5.33. The van der Waals surface area contributed by atoms with Crippen LogP contribution in [-0.4, -0.2) is 12.5 Å². The number of carbonyl (C=O) groups excluding carboxylic acids is 1. The molecule has 1 aliphatic carbocycles. The van der Waals surface area contributed by atoms with E-state index in [1.54, 1.807) is 6.08 Å². The van der Waals surface area contributed by atoms with Crippen LogP contribution in [0.15, 0.2) is 23.8 Å². The molecule has 0 aliphatic heterocycles. The van der Waals surface area contributed by atoms with E-state index in [1.165, 1.54) is 6.08 Å². The number of halogens is 1. The highest BCUT2D eigenvalue weighted by molar-refractivity contribution is 5.91. The molecule has 0 atom stereocenters. The lowest BCUT2D eigenvalue weighted by molar-refractivity contribution is -0.115. The summed E-state index contributed by atoms with van der Waals surface area (Å²) in [4.78, 5) is 10.5. The first-order valence-electron chi connectivity index (χ1n) is 3.79. The van der Waals surface area contributed by atoms with E-state index in [1.807, 2.05) is 0 Å². The van der Waals surface area contributed by atoms with Crippen LogP contribution in [0.4, 0.5) is 4.39 Å². The number of hydrogen-bond acceptors (Lipinski definition) is 1. The van der Waals surface area contributed by atoms with Crippen LogP contribution in [-0.2, 0) is 4.79 Å². The molecule has 0 aromatic carbocycles. The number of alkyl halides is 1. The minimum absolute atomic E-state index is 0.446. The summed E-state index contributed by atoms with van der Waals surface area (Å²) in [5, 5.41) is 0. The summed E-state index contributed by atoms with van der Waals surface area (Å²) in [6, 6.07) is 0. The maximum Gasteiger partial charge on any atom is 0.186 e. The Bertz CT molecular complexity index is 204. The van der Waals surface area contributed by atoms with Gasteiger partial charge in [-0.15, -0.1) is 0 Å². The van der Waals surface area contributed by atoms with Crippen molar-refractivity contribution in [3.05, 3.63) is 23.8 Å². The van der Waals surface area contributed by atoms with E-state index in [2.05, 4.69) is 6.08 Å². The maximum atomic E-state index is 11.6. The van der Waals surface area contributed by atoms with Gasteiger partial charge in [0.25, 0.3) is 0 Å². The molecule has 1 rings (SSSR count). The van der Waals surface area contributed by atoms with Crippen LogP contribution >= 0.6 is 0 Å². The quantitative estimate of drug-likeness (QED) is 0.569. The van der Waals surface area contributed by atoms with E-state index in [9.17, 15) is 9.18 Å². The molecule has 60 valence electrons. The SMILES string of the molecule is O=C(/C=C/C1=CCCC1)CF. The summed E-state index contributed by atoms with van der Waals surface area (Å²) in [5.74, 6) is -0.446. The molecule has 0 N–H and O–H groups in total. The average Bonchev–Trinajstić information content (AvgIpc) is 2.52. The molecule has 0 fully saturated rings. The van der Waals surface area contributed by atoms with Gasteiger partial charge in [0.15, 0.2) is 12.5 Å². The van der Waals surface area contributed by atoms with Crippen molar-refractivity contribution in [1.29, 1.82) is 0 Å². The van der Waals surface area contributed by atoms with Crippen molar-refractivity contribution in [2.75, 3.05) is 6.67 Å². The molecule has 0 saturated heterocycles. The lowest BCUT2D eigenvalue weighted by atomic mass is 10.2. The fraction of sp³-hybridized carbons (Fsp3) is 0.444. The standard InChI is InChI=1S/C9H11FO/c10-7-9(11)6-5-8-3-1-2-4-8/h3,5-6H,1-2,4,7H2/b6-5+. The Morgan fingerprint density at radius 3 is 3.09 bits per heavy atom. The summed E-state index contributed by atoms with van der Waals surface area (Å²) in [6.07, 6.45) is 8.39. The summed E-state index contributed by atoms with van der Waals surface area (Å²) in [7, 11) is 0. The van der Waals surface area contributed by atoms with Crippen molar-refractivity contribution in [1.82, 2.24) is 0 Å². The molecule has 0 heterocycles. The fourth-order valence-electron chi connectivity index (χ4n) is 1.09. The minimum atomic E-state index is -0.885. The van der Waals surface area contributed by atoms with Crippen molar-refractivity contribution in [3.8, 4) is 0 Å². The number of carbonyl (C=O) groups is 1. The van der Waals surface area contributed by atoms with Crippen LogP contribution in [0.1, 0.15) is 19.3 Å². The molecule has 2 heteroatoms. The normalized spacial score (nSPS) is 17.4. The van der Waals surface area contributed by atoms with Crippen molar-refractivity contribution >= 4 is 5.78 Å². The molecule has 0 unspecified atom stereocenters. The number of ketones is 1. The maximum absolute atomic E-state index is 11.6. The first kappa shape index (κ1) is 8.18. The summed E-state index contributed by atoms with van der Waals surface area (Å²) in [5.41, 5.74) is 1.16. The zero-order valence-electron chi connectivity index (χ0n) is 6.35. The summed E-state index contributed by atoms with van der Waals surface area (Å²) < 4.78 is 11.6. The van der Waals surface area contributed by atoms with E-state index >= 15 is 0 Å². The van der Waals surface area contributed by atoms with Crippen molar-refractivity contribution in [2.24, 2.45) is 0 Å². The van der Waals surface area contributed by atoms with Gasteiger partial charge in [-0.05, 0) is 25.3 Å². The van der Waals surface area contributed by atoms with Gasteiger partial charge < -0.3 is 0 Å². The molecule has 1 aliphatic rings. The highest BCUT2D eigenvalue weighted by Gasteiger charge is 2.00. The third-order valence-electron chi connectivity index (χ3n) is 1.69.